The van der Waals surface area contributed by atoms with Crippen molar-refractivity contribution in [3.05, 3.63) is 42.0 Å². The molecule has 0 spiro atoms. The maximum Gasteiger partial charge on any atom is 0.241 e. The van der Waals surface area contributed by atoms with Gasteiger partial charge in [0.1, 0.15) is 0 Å². The highest BCUT2D eigenvalue weighted by Crippen LogP contribution is 2.57. The predicted molar refractivity (Wildman–Crippen MR) is 77.7 cm³/mol. The number of amides is 2. The number of nitrogens with zero attached hydrogens (tertiary/aromatic N) is 1. The largest absolute Gasteiger partial charge is 0.359 e. The fourth-order valence-electron chi connectivity index (χ4n) is 3.98. The van der Waals surface area contributed by atoms with Crippen molar-refractivity contribution in [1.29, 1.82) is 0 Å². The first kappa shape index (κ1) is 12.8. The molecule has 2 amide bonds. The van der Waals surface area contributed by atoms with Gasteiger partial charge in [0, 0.05) is 0 Å². The lowest BCUT2D eigenvalue weighted by molar-refractivity contribution is -0.128. The number of anilines is 1. The molecule has 1 aromatic carbocycles. The molecule has 3 aliphatic heterocycles. The zero-order chi connectivity index (χ0) is 15.0. The van der Waals surface area contributed by atoms with E-state index in [1.54, 1.807) is 0 Å². The van der Waals surface area contributed by atoms with E-state index in [4.69, 9.17) is 4.74 Å². The zero-order valence-corrected chi connectivity index (χ0v) is 12.3. The summed E-state index contributed by atoms with van der Waals surface area (Å²) in [6.45, 7) is 5.76. The maximum absolute atomic E-state index is 12.8. The highest BCUT2D eigenvalue weighted by atomic mass is 16.5. The Morgan fingerprint density at radius 2 is 1.43 bits per heavy atom. The smallest absolute Gasteiger partial charge is 0.241 e. The van der Waals surface area contributed by atoms with Crippen molar-refractivity contribution in [3.8, 4) is 0 Å². The van der Waals surface area contributed by atoms with Crippen LogP contribution in [-0.2, 0) is 14.3 Å². The van der Waals surface area contributed by atoms with Crippen LogP contribution < -0.4 is 4.90 Å². The van der Waals surface area contributed by atoms with Gasteiger partial charge in [-0.05, 0) is 32.9 Å². The number of hydrogen-bond donors (Lipinski definition) is 0. The molecule has 0 N–H and O–H groups in total. The minimum atomic E-state index is -0.661. The lowest BCUT2D eigenvalue weighted by Crippen LogP contribution is -2.39. The molecule has 3 aliphatic rings. The summed E-state index contributed by atoms with van der Waals surface area (Å²) in [7, 11) is 0. The zero-order valence-electron chi connectivity index (χ0n) is 12.3. The minimum Gasteiger partial charge on any atom is -0.359 e. The van der Waals surface area contributed by atoms with Crippen LogP contribution in [0.3, 0.4) is 0 Å². The Morgan fingerprint density at radius 1 is 0.952 bits per heavy atom. The van der Waals surface area contributed by atoms with Crippen LogP contribution in [-0.4, -0.2) is 23.0 Å². The Balaban J connectivity index is 1.80. The summed E-state index contributed by atoms with van der Waals surface area (Å²) in [5.41, 5.74) is 0.427. The molecule has 0 aromatic heterocycles. The topological polar surface area (TPSA) is 46.6 Å². The van der Waals surface area contributed by atoms with Crippen molar-refractivity contribution >= 4 is 17.5 Å². The van der Waals surface area contributed by atoms with Crippen LogP contribution in [0.2, 0.25) is 0 Å². The molecular formula is C17H17NO3. The van der Waals surface area contributed by atoms with Gasteiger partial charge in [-0.15, -0.1) is 0 Å². The molecule has 0 saturated carbocycles. The van der Waals surface area contributed by atoms with E-state index in [1.165, 1.54) is 4.90 Å². The number of hydrogen-bond acceptors (Lipinski definition) is 3. The Morgan fingerprint density at radius 3 is 1.90 bits per heavy atom. The maximum atomic E-state index is 12.8. The lowest BCUT2D eigenvalue weighted by Gasteiger charge is -2.25. The van der Waals surface area contributed by atoms with Gasteiger partial charge in [-0.1, -0.05) is 29.8 Å². The highest BCUT2D eigenvalue weighted by Gasteiger charge is 2.70. The second-order valence-electron chi connectivity index (χ2n) is 6.61. The van der Waals surface area contributed by atoms with E-state index >= 15 is 0 Å². The first-order valence-corrected chi connectivity index (χ1v) is 7.21. The van der Waals surface area contributed by atoms with E-state index < -0.39 is 23.0 Å². The Kier molecular flexibility index (Phi) is 2.21. The van der Waals surface area contributed by atoms with E-state index in [2.05, 4.69) is 0 Å². The van der Waals surface area contributed by atoms with Gasteiger partial charge in [0.25, 0.3) is 0 Å². The van der Waals surface area contributed by atoms with Crippen molar-refractivity contribution < 1.29 is 14.3 Å². The first-order valence-electron chi connectivity index (χ1n) is 7.21. The number of benzene rings is 1. The second kappa shape index (κ2) is 3.63. The van der Waals surface area contributed by atoms with Gasteiger partial charge in [-0.25, -0.2) is 4.90 Å². The summed E-state index contributed by atoms with van der Waals surface area (Å²) in [6, 6.07) is 7.48. The molecule has 0 radical (unpaired) electrons. The standard InChI is InChI=1S/C17H17NO3/c1-10-4-6-11(7-5-10)18-14(19)12-13(15(18)20)17(3)9-8-16(12,2)21-17/h4-9,12-13H,1-3H3/t12-,13+,16+,17-. The minimum absolute atomic E-state index is 0.149. The second-order valence-corrected chi connectivity index (χ2v) is 6.61. The number of ether oxygens (including phenoxy) is 1. The summed E-state index contributed by atoms with van der Waals surface area (Å²) >= 11 is 0. The molecule has 1 aromatic rings. The fraction of sp³-hybridized carbons (Fsp3) is 0.412. The molecule has 21 heavy (non-hydrogen) atoms. The molecule has 4 rings (SSSR count). The lowest BCUT2D eigenvalue weighted by atomic mass is 9.73. The van der Waals surface area contributed by atoms with Gasteiger partial charge in [-0.2, -0.15) is 0 Å². The van der Waals surface area contributed by atoms with Gasteiger partial charge in [0.05, 0.1) is 28.7 Å². The van der Waals surface area contributed by atoms with E-state index in [9.17, 15) is 9.59 Å². The molecule has 0 aliphatic carbocycles. The number of fused-ring (bicyclic) bond motifs is 5. The molecular weight excluding hydrogens is 266 g/mol. The molecule has 3 heterocycles. The third-order valence-electron chi connectivity index (χ3n) is 5.02. The van der Waals surface area contributed by atoms with Crippen molar-refractivity contribution in [2.75, 3.05) is 4.90 Å². The molecule has 4 nitrogen and oxygen atoms in total. The predicted octanol–water partition coefficient (Wildman–Crippen LogP) is 2.22. The van der Waals surface area contributed by atoms with E-state index in [1.807, 2.05) is 57.2 Å². The summed E-state index contributed by atoms with van der Waals surface area (Å²) < 4.78 is 5.98. The summed E-state index contributed by atoms with van der Waals surface area (Å²) in [5, 5.41) is 0. The van der Waals surface area contributed by atoms with Crippen molar-refractivity contribution in [2.45, 2.75) is 32.0 Å². The molecule has 0 unspecified atom stereocenters. The third kappa shape index (κ3) is 1.43. The third-order valence-corrected chi connectivity index (χ3v) is 5.02. The van der Waals surface area contributed by atoms with Gasteiger partial charge < -0.3 is 4.74 Å². The number of imide groups is 1. The normalized spacial score (nSPS) is 40.2. The Labute approximate surface area is 123 Å². The van der Waals surface area contributed by atoms with Gasteiger partial charge in [-0.3, -0.25) is 9.59 Å². The van der Waals surface area contributed by atoms with Crippen LogP contribution in [0.1, 0.15) is 19.4 Å². The first-order chi connectivity index (χ1) is 9.86. The monoisotopic (exact) mass is 283 g/mol. The molecule has 4 atom stereocenters. The van der Waals surface area contributed by atoms with Crippen molar-refractivity contribution in [1.82, 2.24) is 0 Å². The van der Waals surface area contributed by atoms with Crippen molar-refractivity contribution in [2.24, 2.45) is 11.8 Å². The van der Waals surface area contributed by atoms with E-state index in [-0.39, 0.29) is 11.8 Å². The SMILES string of the molecule is Cc1ccc(N2C(=O)[C@@H]3[C@H](C2=O)[C@]2(C)C=C[C@@]3(C)O2)cc1. The van der Waals surface area contributed by atoms with Gasteiger partial charge in [0.2, 0.25) is 11.8 Å². The summed E-state index contributed by atoms with van der Waals surface area (Å²) in [4.78, 5) is 27.0. The van der Waals surface area contributed by atoms with Crippen LogP contribution in [0.15, 0.2) is 36.4 Å². The summed E-state index contributed by atoms with van der Waals surface area (Å²) in [5.74, 6) is -1.13. The van der Waals surface area contributed by atoms with Crippen molar-refractivity contribution in [3.63, 3.8) is 0 Å². The van der Waals surface area contributed by atoms with E-state index in [0.717, 1.165) is 5.56 Å². The molecule has 2 bridgehead atoms. The Bertz CT molecular complexity index is 656. The van der Waals surface area contributed by atoms with Crippen LogP contribution in [0.25, 0.3) is 0 Å². The average Bonchev–Trinajstić information content (AvgIpc) is 2.97. The molecule has 2 fully saturated rings. The number of carbonyl (C=O) groups is 2. The van der Waals surface area contributed by atoms with Crippen LogP contribution in [0.5, 0.6) is 0 Å². The quantitative estimate of drug-likeness (QED) is 0.586. The van der Waals surface area contributed by atoms with E-state index in [0.29, 0.717) is 5.69 Å². The number of aryl methyl sites for hydroxylation is 1. The summed E-state index contributed by atoms with van der Waals surface area (Å²) in [6.07, 6.45) is 3.86. The van der Waals surface area contributed by atoms with Crippen LogP contribution >= 0.6 is 0 Å². The molecule has 4 heteroatoms. The van der Waals surface area contributed by atoms with Crippen LogP contribution in [0.4, 0.5) is 5.69 Å². The fourth-order valence-corrected chi connectivity index (χ4v) is 3.98. The number of rotatable bonds is 1. The van der Waals surface area contributed by atoms with Gasteiger partial charge in [0.15, 0.2) is 0 Å². The van der Waals surface area contributed by atoms with Gasteiger partial charge >= 0.3 is 0 Å². The average molecular weight is 283 g/mol. The van der Waals surface area contributed by atoms with Crippen LogP contribution in [0, 0.1) is 18.8 Å². The molecule has 108 valence electrons. The highest BCUT2D eigenvalue weighted by molar-refractivity contribution is 6.23. The molecule has 2 saturated heterocycles. The Hall–Kier alpha value is -1.94. The number of carbonyl (C=O) groups excluding carboxylic acids is 2.